The number of hydrogen-bond acceptors (Lipinski definition) is 2. The lowest BCUT2D eigenvalue weighted by Gasteiger charge is -2.02. The maximum absolute atomic E-state index is 5.17. The summed E-state index contributed by atoms with van der Waals surface area (Å²) in [6.45, 7) is 10.4. The number of rotatable bonds is 6. The van der Waals surface area contributed by atoms with Crippen LogP contribution >= 0.6 is 0 Å². The Balaban J connectivity index is 2.84. The molecule has 0 spiro atoms. The lowest BCUT2D eigenvalue weighted by atomic mass is 10.4. The van der Waals surface area contributed by atoms with Crippen LogP contribution in [0.4, 0.5) is 0 Å². The molecular weight excluding hydrogens is 128 g/mol. The van der Waals surface area contributed by atoms with E-state index in [0.29, 0.717) is 19.8 Å². The zero-order valence-corrected chi connectivity index (χ0v) is 6.85. The second-order valence-electron chi connectivity index (χ2n) is 2.21. The van der Waals surface area contributed by atoms with Gasteiger partial charge in [-0.25, -0.2) is 0 Å². The smallest absolute Gasteiger partial charge is 0.0704 e. The minimum absolute atomic E-state index is 0.646. The average molecular weight is 144 g/mol. The maximum Gasteiger partial charge on any atom is 0.0704 e. The van der Waals surface area contributed by atoms with Gasteiger partial charge in [0.2, 0.25) is 0 Å². The normalized spacial score (nSPS) is 9.80. The van der Waals surface area contributed by atoms with Crippen molar-refractivity contribution in [1.82, 2.24) is 0 Å². The van der Waals surface area contributed by atoms with E-state index in [2.05, 4.69) is 6.58 Å². The van der Waals surface area contributed by atoms with Gasteiger partial charge >= 0.3 is 0 Å². The topological polar surface area (TPSA) is 18.5 Å². The van der Waals surface area contributed by atoms with Gasteiger partial charge in [0, 0.05) is 6.61 Å². The summed E-state index contributed by atoms with van der Waals surface area (Å²) in [4.78, 5) is 0. The van der Waals surface area contributed by atoms with Crippen molar-refractivity contribution >= 4 is 0 Å². The Morgan fingerprint density at radius 3 is 2.40 bits per heavy atom. The predicted molar refractivity (Wildman–Crippen MR) is 42.1 cm³/mol. The van der Waals surface area contributed by atoms with Crippen LogP contribution in [-0.4, -0.2) is 26.4 Å². The fourth-order valence-electron chi connectivity index (χ4n) is 0.509. The van der Waals surface area contributed by atoms with Crippen molar-refractivity contribution in [3.05, 3.63) is 12.2 Å². The van der Waals surface area contributed by atoms with Gasteiger partial charge in [-0.3, -0.25) is 0 Å². The monoisotopic (exact) mass is 144 g/mol. The minimum Gasteiger partial charge on any atom is -0.379 e. The van der Waals surface area contributed by atoms with Crippen LogP contribution in [0.2, 0.25) is 0 Å². The van der Waals surface area contributed by atoms with Gasteiger partial charge in [-0.1, -0.05) is 12.2 Å². The molecule has 0 aromatic heterocycles. The predicted octanol–water partition coefficient (Wildman–Crippen LogP) is 1.62. The first-order valence-electron chi connectivity index (χ1n) is 3.57. The summed E-state index contributed by atoms with van der Waals surface area (Å²) in [5, 5.41) is 0. The Morgan fingerprint density at radius 2 is 1.90 bits per heavy atom. The van der Waals surface area contributed by atoms with Crippen LogP contribution in [0.3, 0.4) is 0 Å². The van der Waals surface area contributed by atoms with Gasteiger partial charge in [-0.15, -0.1) is 0 Å². The van der Waals surface area contributed by atoms with Crippen LogP contribution in [0.25, 0.3) is 0 Å². The van der Waals surface area contributed by atoms with E-state index >= 15 is 0 Å². The molecule has 2 nitrogen and oxygen atoms in total. The Hall–Kier alpha value is -0.340. The molecule has 0 aliphatic carbocycles. The molecule has 10 heavy (non-hydrogen) atoms. The van der Waals surface area contributed by atoms with E-state index < -0.39 is 0 Å². The third-order valence-electron chi connectivity index (χ3n) is 0.925. The van der Waals surface area contributed by atoms with Crippen molar-refractivity contribution in [3.63, 3.8) is 0 Å². The zero-order valence-electron chi connectivity index (χ0n) is 6.85. The molecule has 0 atom stereocenters. The first-order chi connectivity index (χ1) is 4.77. The summed E-state index contributed by atoms with van der Waals surface area (Å²) in [6, 6.07) is 0. The molecule has 60 valence electrons. The highest BCUT2D eigenvalue weighted by molar-refractivity contribution is 4.87. The van der Waals surface area contributed by atoms with Gasteiger partial charge in [-0.2, -0.15) is 0 Å². The van der Waals surface area contributed by atoms with Gasteiger partial charge in [0.05, 0.1) is 19.8 Å². The van der Waals surface area contributed by atoms with Crippen molar-refractivity contribution < 1.29 is 9.47 Å². The van der Waals surface area contributed by atoms with Crippen LogP contribution in [-0.2, 0) is 9.47 Å². The van der Waals surface area contributed by atoms with Gasteiger partial charge in [0.25, 0.3) is 0 Å². The molecule has 0 saturated carbocycles. The molecule has 0 aromatic carbocycles. The molecule has 0 rings (SSSR count). The molecule has 0 heterocycles. The highest BCUT2D eigenvalue weighted by Gasteiger charge is 1.86. The Kier molecular flexibility index (Phi) is 6.55. The molecular formula is C8H16O2. The fraction of sp³-hybridized carbons (Fsp3) is 0.750. The fourth-order valence-corrected chi connectivity index (χ4v) is 0.509. The minimum atomic E-state index is 0.646. The zero-order chi connectivity index (χ0) is 7.82. The summed E-state index contributed by atoms with van der Waals surface area (Å²) < 4.78 is 10.2. The molecule has 0 amide bonds. The van der Waals surface area contributed by atoms with Crippen molar-refractivity contribution in [2.75, 3.05) is 26.4 Å². The maximum atomic E-state index is 5.17. The van der Waals surface area contributed by atoms with Crippen molar-refractivity contribution in [2.45, 2.75) is 13.8 Å². The summed E-state index contributed by atoms with van der Waals surface area (Å²) >= 11 is 0. The largest absolute Gasteiger partial charge is 0.379 e. The van der Waals surface area contributed by atoms with E-state index in [1.165, 1.54) is 0 Å². The molecule has 0 aliphatic heterocycles. The van der Waals surface area contributed by atoms with E-state index in [0.717, 1.165) is 12.2 Å². The van der Waals surface area contributed by atoms with Gasteiger partial charge in [0.1, 0.15) is 0 Å². The van der Waals surface area contributed by atoms with Crippen LogP contribution in [0.15, 0.2) is 12.2 Å². The van der Waals surface area contributed by atoms with Crippen LogP contribution in [0.1, 0.15) is 13.8 Å². The molecule has 0 radical (unpaired) electrons. The first-order valence-corrected chi connectivity index (χ1v) is 3.57. The standard InChI is InChI=1S/C8H16O2/c1-4-9-5-6-10-7-8(2)3/h2,4-7H2,1,3H3. The summed E-state index contributed by atoms with van der Waals surface area (Å²) in [7, 11) is 0. The van der Waals surface area contributed by atoms with E-state index in [9.17, 15) is 0 Å². The third-order valence-corrected chi connectivity index (χ3v) is 0.925. The molecule has 0 N–H and O–H groups in total. The second-order valence-corrected chi connectivity index (χ2v) is 2.21. The molecule has 0 bridgehead atoms. The SMILES string of the molecule is C=C(C)COCCOCC. The molecule has 0 aromatic rings. The number of hydrogen-bond donors (Lipinski definition) is 0. The molecule has 2 heteroatoms. The summed E-state index contributed by atoms with van der Waals surface area (Å²) in [6.07, 6.45) is 0. The van der Waals surface area contributed by atoms with Crippen molar-refractivity contribution in [2.24, 2.45) is 0 Å². The summed E-state index contributed by atoms with van der Waals surface area (Å²) in [5.41, 5.74) is 1.05. The van der Waals surface area contributed by atoms with Gasteiger partial charge < -0.3 is 9.47 Å². The Morgan fingerprint density at radius 1 is 1.30 bits per heavy atom. The van der Waals surface area contributed by atoms with Crippen LogP contribution < -0.4 is 0 Å². The van der Waals surface area contributed by atoms with E-state index in [1.54, 1.807) is 0 Å². The van der Waals surface area contributed by atoms with Gasteiger partial charge in [0.15, 0.2) is 0 Å². The Bertz CT molecular complexity index is 89.3. The molecule has 0 saturated heterocycles. The Labute approximate surface area is 62.8 Å². The molecule has 0 fully saturated rings. The quantitative estimate of drug-likeness (QED) is 0.416. The van der Waals surface area contributed by atoms with E-state index in [-0.39, 0.29) is 0 Å². The highest BCUT2D eigenvalue weighted by atomic mass is 16.5. The van der Waals surface area contributed by atoms with Gasteiger partial charge in [-0.05, 0) is 13.8 Å². The van der Waals surface area contributed by atoms with Crippen LogP contribution in [0.5, 0.6) is 0 Å². The van der Waals surface area contributed by atoms with Crippen LogP contribution in [0, 0.1) is 0 Å². The van der Waals surface area contributed by atoms with Crippen molar-refractivity contribution in [3.8, 4) is 0 Å². The van der Waals surface area contributed by atoms with E-state index in [1.807, 2.05) is 13.8 Å². The highest BCUT2D eigenvalue weighted by Crippen LogP contribution is 1.87. The summed E-state index contributed by atoms with van der Waals surface area (Å²) in [5.74, 6) is 0. The molecule has 0 aliphatic rings. The lowest BCUT2D eigenvalue weighted by Crippen LogP contribution is -2.04. The van der Waals surface area contributed by atoms with Crippen molar-refractivity contribution in [1.29, 1.82) is 0 Å². The lowest BCUT2D eigenvalue weighted by molar-refractivity contribution is 0.0621. The van der Waals surface area contributed by atoms with E-state index in [4.69, 9.17) is 9.47 Å². The second kappa shape index (κ2) is 6.78. The molecule has 0 unspecified atom stereocenters. The third kappa shape index (κ3) is 7.66. The average Bonchev–Trinajstić information content (AvgIpc) is 1.87. The first kappa shape index (κ1) is 9.66. The number of ether oxygens (including phenoxy) is 2.